The molecule has 0 aromatic heterocycles. The fourth-order valence-electron chi connectivity index (χ4n) is 5.61. The van der Waals surface area contributed by atoms with Crippen LogP contribution in [0.5, 0.6) is 5.75 Å². The van der Waals surface area contributed by atoms with Crippen molar-refractivity contribution in [3.8, 4) is 5.75 Å². The Morgan fingerprint density at radius 3 is 2.30 bits per heavy atom. The number of carbonyl (C=O) groups is 3. The minimum absolute atomic E-state index is 0.0281. The molecule has 0 spiro atoms. The fourth-order valence-corrected chi connectivity index (χ4v) is 5.61. The number of carbonyl (C=O) groups excluding carboxylic acids is 3. The number of hydrogen-bond acceptors (Lipinski definition) is 6. The fraction of sp³-hybridized carbons (Fsp3) is 0.410. The number of allylic oxidation sites excluding steroid dienone is 2. The molecule has 0 radical (unpaired) electrons. The summed E-state index contributed by atoms with van der Waals surface area (Å²) in [4.78, 5) is 39.7. The first-order valence-corrected chi connectivity index (χ1v) is 16.5. The number of nitrogens with one attached hydrogen (secondary N) is 2. The van der Waals surface area contributed by atoms with Crippen LogP contribution < -0.4 is 15.4 Å². The van der Waals surface area contributed by atoms with Crippen LogP contribution in [0.25, 0.3) is 0 Å². The van der Waals surface area contributed by atoms with Crippen molar-refractivity contribution in [2.45, 2.75) is 77.0 Å². The molecule has 3 N–H and O–H groups in total. The molecule has 3 atom stereocenters. The van der Waals surface area contributed by atoms with Crippen molar-refractivity contribution in [1.82, 2.24) is 10.6 Å². The van der Waals surface area contributed by atoms with Gasteiger partial charge in [0.15, 0.2) is 0 Å². The molecule has 0 unspecified atom stereocenters. The molecule has 0 saturated heterocycles. The lowest BCUT2D eigenvalue weighted by Crippen LogP contribution is -2.50. The van der Waals surface area contributed by atoms with Gasteiger partial charge in [0.2, 0.25) is 11.8 Å². The number of aliphatic hydroxyl groups is 1. The standard InChI is InChI=1S/C39H48N2O6/c1-39(2)28-47-38(45)33(23-29-13-7-5-8-14-29)18-12-4-3-11-17-32(37(44)41-39)25-36(43)40-34(26-42)24-30-19-21-35(22-20-30)46-27-31-15-9-6-10-16-31/h3,5-11,13-16,19-22,32-34,42H,4,12,17-18,23-28H2,1-2H3,(H,40,43)(H,41,44)/t32-,33-,34+/m1/s1. The van der Waals surface area contributed by atoms with E-state index in [0.717, 1.165) is 35.3 Å². The van der Waals surface area contributed by atoms with Crippen molar-refractivity contribution in [1.29, 1.82) is 0 Å². The summed E-state index contributed by atoms with van der Waals surface area (Å²) < 4.78 is 11.6. The summed E-state index contributed by atoms with van der Waals surface area (Å²) in [6.45, 7) is 3.88. The van der Waals surface area contributed by atoms with E-state index in [1.54, 1.807) is 0 Å². The predicted octanol–water partition coefficient (Wildman–Crippen LogP) is 5.72. The first-order valence-electron chi connectivity index (χ1n) is 16.5. The molecule has 0 aliphatic carbocycles. The van der Waals surface area contributed by atoms with E-state index in [1.807, 2.05) is 111 Å². The number of amides is 2. The van der Waals surface area contributed by atoms with E-state index in [2.05, 4.69) is 10.6 Å². The molecule has 4 rings (SSSR count). The summed E-state index contributed by atoms with van der Waals surface area (Å²) in [7, 11) is 0. The molecule has 8 nitrogen and oxygen atoms in total. The largest absolute Gasteiger partial charge is 0.489 e. The van der Waals surface area contributed by atoms with Crippen molar-refractivity contribution in [2.24, 2.45) is 11.8 Å². The predicted molar refractivity (Wildman–Crippen MR) is 182 cm³/mol. The smallest absolute Gasteiger partial charge is 0.309 e. The van der Waals surface area contributed by atoms with Crippen molar-refractivity contribution in [2.75, 3.05) is 13.2 Å². The lowest BCUT2D eigenvalue weighted by atomic mass is 9.93. The molecule has 1 aliphatic heterocycles. The van der Waals surface area contributed by atoms with Crippen molar-refractivity contribution >= 4 is 17.8 Å². The highest BCUT2D eigenvalue weighted by Gasteiger charge is 2.30. The summed E-state index contributed by atoms with van der Waals surface area (Å²) in [5.74, 6) is -1.00. The zero-order valence-electron chi connectivity index (χ0n) is 27.5. The van der Waals surface area contributed by atoms with Gasteiger partial charge >= 0.3 is 5.97 Å². The molecule has 250 valence electrons. The van der Waals surface area contributed by atoms with Gasteiger partial charge in [-0.05, 0) is 81.2 Å². The molecule has 1 heterocycles. The second-order valence-corrected chi connectivity index (χ2v) is 13.0. The van der Waals surface area contributed by atoms with E-state index >= 15 is 0 Å². The maximum absolute atomic E-state index is 13.4. The molecular formula is C39H48N2O6. The first kappa shape index (κ1) is 35.4. The van der Waals surface area contributed by atoms with Crippen LogP contribution in [-0.4, -0.2) is 47.7 Å². The number of ether oxygens (including phenoxy) is 2. The highest BCUT2D eigenvalue weighted by molar-refractivity contribution is 5.86. The minimum Gasteiger partial charge on any atom is -0.489 e. The van der Waals surface area contributed by atoms with Gasteiger partial charge in [0.1, 0.15) is 19.0 Å². The van der Waals surface area contributed by atoms with Gasteiger partial charge in [0.25, 0.3) is 0 Å². The number of rotatable bonds is 11. The van der Waals surface area contributed by atoms with Gasteiger partial charge in [-0.25, -0.2) is 0 Å². The zero-order chi connectivity index (χ0) is 33.5. The number of esters is 1. The van der Waals surface area contributed by atoms with Crippen LogP contribution in [0.15, 0.2) is 97.1 Å². The van der Waals surface area contributed by atoms with E-state index in [0.29, 0.717) is 32.3 Å². The van der Waals surface area contributed by atoms with Crippen LogP contribution in [0.3, 0.4) is 0 Å². The van der Waals surface area contributed by atoms with E-state index < -0.39 is 17.5 Å². The Morgan fingerprint density at radius 1 is 0.936 bits per heavy atom. The summed E-state index contributed by atoms with van der Waals surface area (Å²) in [5, 5.41) is 15.9. The quantitative estimate of drug-likeness (QED) is 0.183. The van der Waals surface area contributed by atoms with Gasteiger partial charge in [-0.1, -0.05) is 84.9 Å². The summed E-state index contributed by atoms with van der Waals surface area (Å²) in [5.41, 5.74) is 2.29. The second kappa shape index (κ2) is 18.0. The molecule has 47 heavy (non-hydrogen) atoms. The average Bonchev–Trinajstić information content (AvgIpc) is 3.07. The molecule has 2 amide bonds. The molecular weight excluding hydrogens is 592 g/mol. The molecule has 0 saturated carbocycles. The van der Waals surface area contributed by atoms with Crippen LogP contribution in [0, 0.1) is 11.8 Å². The molecule has 0 bridgehead atoms. The van der Waals surface area contributed by atoms with Gasteiger partial charge < -0.3 is 25.2 Å². The number of hydrogen-bond donors (Lipinski definition) is 3. The van der Waals surface area contributed by atoms with Crippen molar-refractivity contribution < 1.29 is 29.0 Å². The molecule has 8 heteroatoms. The lowest BCUT2D eigenvalue weighted by molar-refractivity contribution is -0.151. The van der Waals surface area contributed by atoms with Gasteiger partial charge in [-0.15, -0.1) is 0 Å². The van der Waals surface area contributed by atoms with Crippen LogP contribution in [0.2, 0.25) is 0 Å². The third-order valence-electron chi connectivity index (χ3n) is 8.25. The Labute approximate surface area is 278 Å². The van der Waals surface area contributed by atoms with E-state index in [4.69, 9.17) is 9.47 Å². The molecule has 3 aromatic rings. The van der Waals surface area contributed by atoms with Crippen molar-refractivity contribution in [3.63, 3.8) is 0 Å². The van der Waals surface area contributed by atoms with Crippen LogP contribution in [-0.2, 0) is 38.6 Å². The normalized spacial score (nSPS) is 19.5. The highest BCUT2D eigenvalue weighted by Crippen LogP contribution is 2.21. The monoisotopic (exact) mass is 640 g/mol. The van der Waals surface area contributed by atoms with E-state index in [1.165, 1.54) is 0 Å². The number of benzene rings is 3. The Balaban J connectivity index is 1.32. The van der Waals surface area contributed by atoms with Gasteiger partial charge in [0, 0.05) is 6.42 Å². The molecule has 0 fully saturated rings. The van der Waals surface area contributed by atoms with Crippen LogP contribution >= 0.6 is 0 Å². The Kier molecular flexibility index (Phi) is 13.6. The minimum atomic E-state index is -0.822. The van der Waals surface area contributed by atoms with Gasteiger partial charge in [-0.2, -0.15) is 0 Å². The van der Waals surface area contributed by atoms with Crippen LogP contribution in [0.4, 0.5) is 0 Å². The molecule has 3 aromatic carbocycles. The SMILES string of the molecule is CC1(C)COC(=O)[C@@H](Cc2ccccc2)CCCC=CC[C@H](CC(=O)N[C@H](CO)Cc2ccc(OCc3ccccc3)cc2)C(=O)N1. The van der Waals surface area contributed by atoms with Crippen LogP contribution in [0.1, 0.15) is 62.6 Å². The topological polar surface area (TPSA) is 114 Å². The Hall–Kier alpha value is -4.43. The maximum atomic E-state index is 13.4. The van der Waals surface area contributed by atoms with E-state index in [9.17, 15) is 19.5 Å². The summed E-state index contributed by atoms with van der Waals surface area (Å²) in [6, 6.07) is 26.9. The second-order valence-electron chi connectivity index (χ2n) is 13.0. The highest BCUT2D eigenvalue weighted by atomic mass is 16.5. The Morgan fingerprint density at radius 2 is 1.62 bits per heavy atom. The maximum Gasteiger partial charge on any atom is 0.309 e. The summed E-state index contributed by atoms with van der Waals surface area (Å²) in [6.07, 6.45) is 7.64. The van der Waals surface area contributed by atoms with E-state index in [-0.39, 0.29) is 43.3 Å². The first-order chi connectivity index (χ1) is 22.7. The number of cyclic esters (lactones) is 1. The van der Waals surface area contributed by atoms with Gasteiger partial charge in [-0.3, -0.25) is 14.4 Å². The van der Waals surface area contributed by atoms with Gasteiger partial charge in [0.05, 0.1) is 30.0 Å². The lowest BCUT2D eigenvalue weighted by Gasteiger charge is -2.29. The summed E-state index contributed by atoms with van der Waals surface area (Å²) >= 11 is 0. The number of aliphatic hydroxyl groups excluding tert-OH is 1. The van der Waals surface area contributed by atoms with Crippen molar-refractivity contribution in [3.05, 3.63) is 114 Å². The molecule has 1 aliphatic rings. The zero-order valence-corrected chi connectivity index (χ0v) is 27.5. The third-order valence-corrected chi connectivity index (χ3v) is 8.25. The average molecular weight is 641 g/mol. The Bertz CT molecular complexity index is 1440. The third kappa shape index (κ3) is 12.4.